The Bertz CT molecular complexity index is 539. The molecule has 0 aliphatic carbocycles. The molecule has 0 saturated carbocycles. The van der Waals surface area contributed by atoms with Crippen LogP contribution >= 0.6 is 15.9 Å². The summed E-state index contributed by atoms with van der Waals surface area (Å²) in [5.74, 6) is -0.406. The summed E-state index contributed by atoms with van der Waals surface area (Å²) in [7, 11) is 0. The third-order valence-electron chi connectivity index (χ3n) is 2.37. The largest absolute Gasteiger partial charge is 0.461 e. The highest BCUT2D eigenvalue weighted by Crippen LogP contribution is 2.16. The number of hydrogen-bond donors (Lipinski definition) is 0. The molecule has 4 nitrogen and oxygen atoms in total. The normalized spacial score (nSPS) is 9.00. The van der Waals surface area contributed by atoms with Gasteiger partial charge in [0.15, 0.2) is 5.69 Å². The molecule has 1 aromatic heterocycles. The number of halogens is 1. The Morgan fingerprint density at radius 3 is 2.32 bits per heavy atom. The monoisotopic (exact) mass is 368 g/mol. The molecular weight excluding hydrogens is 344 g/mol. The van der Waals surface area contributed by atoms with Gasteiger partial charge < -0.3 is 4.74 Å². The van der Waals surface area contributed by atoms with Crippen LogP contribution in [0, 0.1) is 0 Å². The number of carbonyl (C=O) groups is 1. The van der Waals surface area contributed by atoms with E-state index in [1.807, 2.05) is 58.0 Å². The van der Waals surface area contributed by atoms with Crippen molar-refractivity contribution in [2.24, 2.45) is 0 Å². The minimum absolute atomic E-state index is 0.313. The average molecular weight is 369 g/mol. The number of carbonyl (C=O) groups excluding carboxylic acids is 1. The first kappa shape index (κ1) is 20.4. The smallest absolute Gasteiger partial charge is 0.360 e. The summed E-state index contributed by atoms with van der Waals surface area (Å²) >= 11 is 3.32. The Morgan fingerprint density at radius 2 is 1.77 bits per heavy atom. The van der Waals surface area contributed by atoms with E-state index in [9.17, 15) is 4.79 Å². The van der Waals surface area contributed by atoms with Crippen LogP contribution in [0.25, 0.3) is 0 Å². The third kappa shape index (κ3) is 6.43. The Labute approximate surface area is 141 Å². The van der Waals surface area contributed by atoms with Gasteiger partial charge in [-0.1, -0.05) is 58.0 Å². The van der Waals surface area contributed by atoms with Crippen LogP contribution in [0.3, 0.4) is 0 Å². The van der Waals surface area contributed by atoms with E-state index in [0.29, 0.717) is 23.3 Å². The van der Waals surface area contributed by atoms with Crippen LogP contribution < -0.4 is 0 Å². The molecule has 0 spiro atoms. The lowest BCUT2D eigenvalue weighted by Crippen LogP contribution is -2.08. The van der Waals surface area contributed by atoms with Crippen LogP contribution in [-0.2, 0) is 11.3 Å². The third-order valence-corrected chi connectivity index (χ3v) is 2.95. The minimum Gasteiger partial charge on any atom is -0.461 e. The summed E-state index contributed by atoms with van der Waals surface area (Å²) in [4.78, 5) is 11.6. The van der Waals surface area contributed by atoms with Gasteiger partial charge in [0.2, 0.25) is 0 Å². The van der Waals surface area contributed by atoms with Crippen molar-refractivity contribution < 1.29 is 9.53 Å². The van der Waals surface area contributed by atoms with Crippen molar-refractivity contribution in [3.8, 4) is 0 Å². The van der Waals surface area contributed by atoms with Gasteiger partial charge in [0.05, 0.1) is 17.6 Å². The molecule has 1 heterocycles. The van der Waals surface area contributed by atoms with E-state index >= 15 is 0 Å². The topological polar surface area (TPSA) is 44.1 Å². The fraction of sp³-hybridized carbons (Fsp3) is 0.412. The standard InChI is InChI=1S/C13H13BrN2O2.2C2H6/c1-2-18-13(17)12-11(14)9-16(15-12)8-10-6-4-3-5-7-10;2*1-2/h3-7,9H,2,8H2,1H3;2*1-2H3. The number of ether oxygens (including phenoxy) is 1. The minimum atomic E-state index is -0.406. The van der Waals surface area contributed by atoms with Gasteiger partial charge in [-0.05, 0) is 28.4 Å². The lowest BCUT2D eigenvalue weighted by molar-refractivity contribution is 0.0517. The number of esters is 1. The first-order chi connectivity index (χ1) is 10.7. The van der Waals surface area contributed by atoms with Gasteiger partial charge in [-0.2, -0.15) is 5.10 Å². The first-order valence-electron chi connectivity index (χ1n) is 7.64. The van der Waals surface area contributed by atoms with Crippen molar-refractivity contribution in [3.05, 3.63) is 52.3 Å². The second-order valence-corrected chi connectivity index (χ2v) is 4.58. The van der Waals surface area contributed by atoms with Gasteiger partial charge in [-0.3, -0.25) is 4.68 Å². The summed E-state index contributed by atoms with van der Waals surface area (Å²) < 4.78 is 7.29. The van der Waals surface area contributed by atoms with Crippen molar-refractivity contribution >= 4 is 21.9 Å². The molecular formula is C17H25BrN2O2. The van der Waals surface area contributed by atoms with Crippen molar-refractivity contribution in [1.29, 1.82) is 0 Å². The summed E-state index contributed by atoms with van der Waals surface area (Å²) in [6.07, 6.45) is 1.78. The zero-order valence-corrected chi connectivity index (χ0v) is 15.6. The number of nitrogens with zero attached hydrogens (tertiary/aromatic N) is 2. The molecule has 122 valence electrons. The Morgan fingerprint density at radius 1 is 1.18 bits per heavy atom. The molecule has 5 heteroatoms. The van der Waals surface area contributed by atoms with Gasteiger partial charge in [-0.25, -0.2) is 4.79 Å². The van der Waals surface area contributed by atoms with E-state index in [1.54, 1.807) is 17.8 Å². The summed E-state index contributed by atoms with van der Waals surface area (Å²) in [5, 5.41) is 4.22. The maximum Gasteiger partial charge on any atom is 0.360 e. The predicted molar refractivity (Wildman–Crippen MR) is 94.1 cm³/mol. The molecule has 0 amide bonds. The molecule has 22 heavy (non-hydrogen) atoms. The van der Waals surface area contributed by atoms with Crippen LogP contribution in [0.1, 0.15) is 50.7 Å². The van der Waals surface area contributed by atoms with Crippen molar-refractivity contribution in [2.75, 3.05) is 6.61 Å². The van der Waals surface area contributed by atoms with E-state index in [4.69, 9.17) is 4.74 Å². The number of rotatable bonds is 4. The summed E-state index contributed by atoms with van der Waals surface area (Å²) in [6, 6.07) is 9.94. The van der Waals surface area contributed by atoms with Gasteiger partial charge in [0, 0.05) is 6.20 Å². The van der Waals surface area contributed by atoms with E-state index in [0.717, 1.165) is 5.56 Å². The molecule has 2 rings (SSSR count). The van der Waals surface area contributed by atoms with Gasteiger partial charge in [-0.15, -0.1) is 0 Å². The second-order valence-electron chi connectivity index (χ2n) is 3.73. The molecule has 1 aromatic carbocycles. The number of benzene rings is 1. The quantitative estimate of drug-likeness (QED) is 0.719. The van der Waals surface area contributed by atoms with E-state index in [-0.39, 0.29) is 0 Å². The predicted octanol–water partition coefficient (Wildman–Crippen LogP) is 4.92. The van der Waals surface area contributed by atoms with E-state index in [2.05, 4.69) is 21.0 Å². The first-order valence-corrected chi connectivity index (χ1v) is 8.44. The van der Waals surface area contributed by atoms with Gasteiger partial charge >= 0.3 is 5.97 Å². The SMILES string of the molecule is CC.CC.CCOC(=O)c1nn(Cc2ccccc2)cc1Br. The highest BCUT2D eigenvalue weighted by atomic mass is 79.9. The van der Waals surface area contributed by atoms with Crippen LogP contribution in [0.15, 0.2) is 41.0 Å². The van der Waals surface area contributed by atoms with Crippen molar-refractivity contribution in [2.45, 2.75) is 41.2 Å². The molecule has 0 radical (unpaired) electrons. The fourth-order valence-electron chi connectivity index (χ4n) is 1.59. The average Bonchev–Trinajstić information content (AvgIpc) is 2.93. The number of aromatic nitrogens is 2. The van der Waals surface area contributed by atoms with E-state index in [1.165, 1.54) is 0 Å². The second kappa shape index (κ2) is 12.0. The van der Waals surface area contributed by atoms with Crippen LogP contribution in [-0.4, -0.2) is 22.4 Å². The molecule has 0 N–H and O–H groups in total. The van der Waals surface area contributed by atoms with Crippen molar-refractivity contribution in [3.63, 3.8) is 0 Å². The Kier molecular flexibility index (Phi) is 11.1. The van der Waals surface area contributed by atoms with Gasteiger partial charge in [0.25, 0.3) is 0 Å². The van der Waals surface area contributed by atoms with Crippen molar-refractivity contribution in [1.82, 2.24) is 9.78 Å². The van der Waals surface area contributed by atoms with Crippen LogP contribution in [0.2, 0.25) is 0 Å². The lowest BCUT2D eigenvalue weighted by atomic mass is 10.2. The summed E-state index contributed by atoms with van der Waals surface area (Å²) in [5.41, 5.74) is 1.44. The van der Waals surface area contributed by atoms with Crippen LogP contribution in [0.4, 0.5) is 0 Å². The zero-order chi connectivity index (χ0) is 17.0. The maximum absolute atomic E-state index is 11.6. The van der Waals surface area contributed by atoms with Gasteiger partial charge in [0.1, 0.15) is 0 Å². The molecule has 0 saturated heterocycles. The van der Waals surface area contributed by atoms with E-state index < -0.39 is 5.97 Å². The molecule has 0 aliphatic heterocycles. The Hall–Kier alpha value is -1.62. The maximum atomic E-state index is 11.6. The molecule has 0 aliphatic rings. The fourth-order valence-corrected chi connectivity index (χ4v) is 2.06. The molecule has 0 unspecified atom stereocenters. The number of hydrogen-bond acceptors (Lipinski definition) is 3. The molecule has 0 bridgehead atoms. The highest BCUT2D eigenvalue weighted by molar-refractivity contribution is 9.10. The lowest BCUT2D eigenvalue weighted by Gasteiger charge is -2.01. The molecule has 0 fully saturated rings. The summed E-state index contributed by atoms with van der Waals surface area (Å²) in [6.45, 7) is 10.7. The Balaban J connectivity index is 0.00000102. The molecule has 0 atom stereocenters. The zero-order valence-electron chi connectivity index (χ0n) is 14.0. The van der Waals surface area contributed by atoms with Crippen LogP contribution in [0.5, 0.6) is 0 Å². The molecule has 2 aromatic rings. The highest BCUT2D eigenvalue weighted by Gasteiger charge is 2.16.